The van der Waals surface area contributed by atoms with Crippen molar-refractivity contribution in [2.45, 2.75) is 55.6 Å². The fourth-order valence-corrected chi connectivity index (χ4v) is 6.94. The number of carboxylic acid groups (broad SMARTS) is 1. The summed E-state index contributed by atoms with van der Waals surface area (Å²) < 4.78 is 57.6. The number of carbonyl (C=O) groups is 1. The fourth-order valence-electron chi connectivity index (χ4n) is 6.94. The van der Waals surface area contributed by atoms with Crippen molar-refractivity contribution in [3.05, 3.63) is 47.9 Å². The monoisotopic (exact) mass is 677 g/mol. The van der Waals surface area contributed by atoms with E-state index in [1.807, 2.05) is 13.0 Å². The number of ether oxygens (including phenoxy) is 4. The molecule has 0 radical (unpaired) electrons. The zero-order chi connectivity index (χ0) is 33.9. The number of halogens is 2. The van der Waals surface area contributed by atoms with Crippen LogP contribution in [0.3, 0.4) is 0 Å². The topological polar surface area (TPSA) is 153 Å². The normalized spacial score (nSPS) is 26.3. The molecule has 4 fully saturated rings. The van der Waals surface area contributed by atoms with Crippen molar-refractivity contribution in [2.24, 2.45) is 0 Å². The van der Waals surface area contributed by atoms with E-state index in [1.54, 1.807) is 24.3 Å². The fraction of sp³-hybridized carbons (Fsp3) is 0.471. The number of morpholine rings is 1. The van der Waals surface area contributed by atoms with E-state index in [0.717, 1.165) is 0 Å². The van der Waals surface area contributed by atoms with Crippen LogP contribution in [-0.4, -0.2) is 107 Å². The number of aromatic nitrogens is 3. The molecule has 4 aromatic rings. The summed E-state index contributed by atoms with van der Waals surface area (Å²) >= 11 is 0. The first-order valence-corrected chi connectivity index (χ1v) is 16.1. The first-order valence-electron chi connectivity index (χ1n) is 16.1. The van der Waals surface area contributed by atoms with Crippen molar-refractivity contribution in [3.8, 4) is 17.7 Å². The summed E-state index contributed by atoms with van der Waals surface area (Å²) in [5.74, 6) is 4.25. The summed E-state index contributed by atoms with van der Waals surface area (Å²) in [5, 5.41) is 21.5. The van der Waals surface area contributed by atoms with Crippen molar-refractivity contribution in [2.75, 3.05) is 55.9 Å². The summed E-state index contributed by atoms with van der Waals surface area (Å²) in [6.07, 6.45) is -1.76. The predicted octanol–water partition coefficient (Wildman–Crippen LogP) is 3.32. The third kappa shape index (κ3) is 5.58. The molecule has 4 aliphatic heterocycles. The van der Waals surface area contributed by atoms with E-state index in [9.17, 15) is 23.8 Å². The molecule has 1 spiro atoms. The zero-order valence-electron chi connectivity index (χ0n) is 26.5. The Hall–Kier alpha value is -4.62. The van der Waals surface area contributed by atoms with Gasteiger partial charge in [0.05, 0.1) is 45.6 Å². The molecule has 8 rings (SSSR count). The SMILES string of the molecule is C[C@@H]1N(c2cc(C#CC3(O)CCOC3)cnc2O[C@H]2C[C@@H](C(=O)O)N(c3nc(C(F)F)nc4c3oc3ccccc34)C2)CCOC12COC2. The Kier molecular flexibility index (Phi) is 7.79. The lowest BCUT2D eigenvalue weighted by Gasteiger charge is -2.53. The number of fused-ring (bicyclic) bond motifs is 3. The molecular weight excluding hydrogens is 644 g/mol. The Labute approximate surface area is 278 Å². The zero-order valence-corrected chi connectivity index (χ0v) is 26.5. The van der Waals surface area contributed by atoms with E-state index >= 15 is 0 Å². The van der Waals surface area contributed by atoms with Crippen LogP contribution in [0.2, 0.25) is 0 Å². The number of anilines is 2. The molecule has 0 aliphatic carbocycles. The summed E-state index contributed by atoms with van der Waals surface area (Å²) in [5.41, 5.74) is 0.124. The van der Waals surface area contributed by atoms with Crippen LogP contribution >= 0.6 is 0 Å². The van der Waals surface area contributed by atoms with E-state index in [1.165, 1.54) is 11.1 Å². The third-order valence-corrected chi connectivity index (χ3v) is 9.74. The van der Waals surface area contributed by atoms with Crippen molar-refractivity contribution in [1.82, 2.24) is 15.0 Å². The highest BCUT2D eigenvalue weighted by molar-refractivity contribution is 6.06. The molecule has 4 aliphatic rings. The quantitative estimate of drug-likeness (QED) is 0.287. The van der Waals surface area contributed by atoms with Gasteiger partial charge < -0.3 is 43.4 Å². The lowest BCUT2D eigenvalue weighted by molar-refractivity contribution is -0.228. The highest BCUT2D eigenvalue weighted by Gasteiger charge is 2.50. The maximum absolute atomic E-state index is 14.0. The standard InChI is InChI=1S/C34H33F2N5O8/c1-19-34(17-46-18-34)47-11-9-40(19)23-12-20(6-7-33(44)8-10-45-16-33)14-37-31(23)48-21-13-24(32(42)43)41(15-21)30-27-26(38-29(39-30)28(35)36)22-4-2-3-5-25(22)49-27/h2-5,12,14,19,21,24,28,44H,8-11,13,15-18H2,1H3,(H,42,43)/t19-,21-,24-,33?/m0/s1. The van der Waals surface area contributed by atoms with Gasteiger partial charge in [-0.25, -0.2) is 28.5 Å². The third-order valence-electron chi connectivity index (χ3n) is 9.74. The molecular formula is C34H33F2N5O8. The van der Waals surface area contributed by atoms with Gasteiger partial charge in [-0.1, -0.05) is 24.0 Å². The van der Waals surface area contributed by atoms with Crippen molar-refractivity contribution in [1.29, 1.82) is 0 Å². The van der Waals surface area contributed by atoms with Gasteiger partial charge in [0.2, 0.25) is 5.88 Å². The van der Waals surface area contributed by atoms with Gasteiger partial charge in [-0.05, 0) is 25.1 Å². The van der Waals surface area contributed by atoms with Crippen LogP contribution in [0, 0.1) is 11.8 Å². The number of rotatable bonds is 6. The number of hydrogen-bond acceptors (Lipinski definition) is 12. The summed E-state index contributed by atoms with van der Waals surface area (Å²) in [4.78, 5) is 29.0. The second kappa shape index (κ2) is 12.1. The van der Waals surface area contributed by atoms with Crippen LogP contribution in [0.1, 0.15) is 37.6 Å². The van der Waals surface area contributed by atoms with Gasteiger partial charge in [-0.3, -0.25) is 0 Å². The summed E-state index contributed by atoms with van der Waals surface area (Å²) in [7, 11) is 0. The maximum atomic E-state index is 14.0. The van der Waals surface area contributed by atoms with E-state index in [2.05, 4.69) is 31.7 Å². The van der Waals surface area contributed by atoms with Crippen LogP contribution in [0.15, 0.2) is 40.9 Å². The van der Waals surface area contributed by atoms with E-state index in [4.69, 9.17) is 23.4 Å². The summed E-state index contributed by atoms with van der Waals surface area (Å²) in [6, 6.07) is 7.41. The van der Waals surface area contributed by atoms with E-state index in [0.29, 0.717) is 61.6 Å². The number of hydrogen-bond donors (Lipinski definition) is 2. The van der Waals surface area contributed by atoms with Gasteiger partial charge in [0, 0.05) is 36.5 Å². The van der Waals surface area contributed by atoms with Gasteiger partial charge in [-0.2, -0.15) is 0 Å². The number of alkyl halides is 2. The molecule has 0 bridgehead atoms. The molecule has 1 aromatic carbocycles. The number of benzene rings is 1. The molecule has 3 aromatic heterocycles. The van der Waals surface area contributed by atoms with Crippen LogP contribution in [0.4, 0.5) is 20.3 Å². The molecule has 4 saturated heterocycles. The minimum absolute atomic E-state index is 0.00501. The van der Waals surface area contributed by atoms with Crippen molar-refractivity contribution < 1.29 is 47.2 Å². The summed E-state index contributed by atoms with van der Waals surface area (Å²) in [6.45, 7) is 4.41. The lowest BCUT2D eigenvalue weighted by atomic mass is 9.90. The Morgan fingerprint density at radius 1 is 1.14 bits per heavy atom. The first-order chi connectivity index (χ1) is 23.6. The number of aliphatic carboxylic acids is 1. The minimum atomic E-state index is -3.00. The molecule has 49 heavy (non-hydrogen) atoms. The number of para-hydroxylation sites is 1. The molecule has 0 saturated carbocycles. The van der Waals surface area contributed by atoms with Crippen LogP contribution < -0.4 is 14.5 Å². The Morgan fingerprint density at radius 2 is 1.98 bits per heavy atom. The second-order valence-electron chi connectivity index (χ2n) is 12.9. The molecule has 7 heterocycles. The molecule has 4 atom stereocenters. The first kappa shape index (κ1) is 31.6. The molecule has 13 nitrogen and oxygen atoms in total. The Bertz CT molecular complexity index is 1990. The second-order valence-corrected chi connectivity index (χ2v) is 12.9. The number of carboxylic acids is 1. The highest BCUT2D eigenvalue weighted by atomic mass is 19.3. The van der Waals surface area contributed by atoms with Crippen LogP contribution in [0.25, 0.3) is 22.1 Å². The van der Waals surface area contributed by atoms with Crippen molar-refractivity contribution >= 4 is 39.5 Å². The van der Waals surface area contributed by atoms with Crippen LogP contribution in [-0.2, 0) is 19.0 Å². The van der Waals surface area contributed by atoms with E-state index in [-0.39, 0.29) is 48.4 Å². The number of nitrogens with zero attached hydrogens (tertiary/aromatic N) is 5. The lowest BCUT2D eigenvalue weighted by Crippen LogP contribution is -2.68. The maximum Gasteiger partial charge on any atom is 0.326 e. The average molecular weight is 678 g/mol. The van der Waals surface area contributed by atoms with Gasteiger partial charge in [0.15, 0.2) is 22.8 Å². The molecule has 2 N–H and O–H groups in total. The number of aliphatic hydroxyl groups is 1. The molecule has 15 heteroatoms. The Balaban J connectivity index is 1.15. The van der Waals surface area contributed by atoms with Gasteiger partial charge in [-0.15, -0.1) is 0 Å². The number of pyridine rings is 1. The molecule has 256 valence electrons. The van der Waals surface area contributed by atoms with Crippen LogP contribution in [0.5, 0.6) is 5.88 Å². The minimum Gasteiger partial charge on any atom is -0.480 e. The predicted molar refractivity (Wildman–Crippen MR) is 170 cm³/mol. The molecule has 0 amide bonds. The van der Waals surface area contributed by atoms with Crippen molar-refractivity contribution in [3.63, 3.8) is 0 Å². The smallest absolute Gasteiger partial charge is 0.326 e. The van der Waals surface area contributed by atoms with Gasteiger partial charge >= 0.3 is 5.97 Å². The van der Waals surface area contributed by atoms with E-state index < -0.39 is 41.6 Å². The molecule has 1 unspecified atom stereocenters. The average Bonchev–Trinajstić information content (AvgIpc) is 3.80. The largest absolute Gasteiger partial charge is 0.480 e. The van der Waals surface area contributed by atoms with Gasteiger partial charge in [0.1, 0.15) is 34.5 Å². The Morgan fingerprint density at radius 3 is 2.71 bits per heavy atom. The highest BCUT2D eigenvalue weighted by Crippen LogP contribution is 2.41. The number of furan rings is 1. The van der Waals surface area contributed by atoms with Gasteiger partial charge in [0.25, 0.3) is 6.43 Å².